The Balaban J connectivity index is 1.91. The van der Waals surface area contributed by atoms with E-state index in [1.807, 2.05) is 0 Å². The standard InChI is InChI=1S/C15H18F4N2O2/c1-23-10-14(16)5-6-21(9-14)8-13(22)20-12-4-2-3-11(7-12)15(17,18)19/h2-4,7H,5-6,8-10H2,1H3,(H,20,22). The van der Waals surface area contributed by atoms with Gasteiger partial charge in [-0.25, -0.2) is 4.39 Å². The number of rotatable bonds is 5. The van der Waals surface area contributed by atoms with Crippen molar-refractivity contribution in [1.82, 2.24) is 4.90 Å². The average molecular weight is 334 g/mol. The number of carbonyl (C=O) groups excluding carboxylic acids is 1. The Labute approximate surface area is 131 Å². The van der Waals surface area contributed by atoms with Crippen molar-refractivity contribution < 1.29 is 27.1 Å². The molecule has 1 aliphatic heterocycles. The van der Waals surface area contributed by atoms with E-state index in [2.05, 4.69) is 5.32 Å². The summed E-state index contributed by atoms with van der Waals surface area (Å²) in [6.07, 6.45) is -4.21. The predicted octanol–water partition coefficient (Wildman–Crippen LogP) is 2.70. The van der Waals surface area contributed by atoms with Crippen LogP contribution in [0.1, 0.15) is 12.0 Å². The van der Waals surface area contributed by atoms with Crippen molar-refractivity contribution in [3.05, 3.63) is 29.8 Å². The monoisotopic (exact) mass is 334 g/mol. The van der Waals surface area contributed by atoms with Crippen LogP contribution in [0.2, 0.25) is 0 Å². The van der Waals surface area contributed by atoms with Gasteiger partial charge in [0.05, 0.1) is 18.7 Å². The summed E-state index contributed by atoms with van der Waals surface area (Å²) in [6, 6.07) is 4.39. The van der Waals surface area contributed by atoms with Crippen LogP contribution in [0.4, 0.5) is 23.2 Å². The Morgan fingerprint density at radius 2 is 2.17 bits per heavy atom. The van der Waals surface area contributed by atoms with E-state index in [4.69, 9.17) is 4.74 Å². The van der Waals surface area contributed by atoms with Gasteiger partial charge in [0.25, 0.3) is 0 Å². The predicted molar refractivity (Wildman–Crippen MR) is 76.8 cm³/mol. The molecule has 0 aliphatic carbocycles. The molecule has 8 heteroatoms. The minimum Gasteiger partial charge on any atom is -0.381 e. The van der Waals surface area contributed by atoms with Gasteiger partial charge in [0, 0.05) is 25.9 Å². The van der Waals surface area contributed by atoms with E-state index in [-0.39, 0.29) is 31.8 Å². The van der Waals surface area contributed by atoms with Gasteiger partial charge >= 0.3 is 6.18 Å². The zero-order valence-electron chi connectivity index (χ0n) is 12.6. The smallest absolute Gasteiger partial charge is 0.381 e. The number of anilines is 1. The number of hydrogen-bond acceptors (Lipinski definition) is 3. The first-order chi connectivity index (χ1) is 10.7. The summed E-state index contributed by atoms with van der Waals surface area (Å²) in [4.78, 5) is 13.5. The zero-order chi connectivity index (χ0) is 17.1. The van der Waals surface area contributed by atoms with Gasteiger partial charge in [-0.2, -0.15) is 13.2 Å². The third-order valence-electron chi connectivity index (χ3n) is 3.63. The molecule has 1 amide bonds. The lowest BCUT2D eigenvalue weighted by atomic mass is 10.1. The molecule has 0 saturated carbocycles. The number of likely N-dealkylation sites (tertiary alicyclic amines) is 1. The summed E-state index contributed by atoms with van der Waals surface area (Å²) in [7, 11) is 1.41. The number of methoxy groups -OCH3 is 1. The molecule has 0 aromatic heterocycles. The van der Waals surface area contributed by atoms with E-state index >= 15 is 0 Å². The molecule has 1 saturated heterocycles. The van der Waals surface area contributed by atoms with Crippen LogP contribution in [0, 0.1) is 0 Å². The van der Waals surface area contributed by atoms with Crippen LogP contribution in [0.5, 0.6) is 0 Å². The van der Waals surface area contributed by atoms with Gasteiger partial charge in [-0.05, 0) is 24.6 Å². The normalized spacial score (nSPS) is 22.3. The summed E-state index contributed by atoms with van der Waals surface area (Å²) in [5.41, 5.74) is -2.25. The van der Waals surface area contributed by atoms with Crippen LogP contribution in [0.15, 0.2) is 24.3 Å². The SMILES string of the molecule is COCC1(F)CCN(CC(=O)Nc2cccc(C(F)(F)F)c2)C1. The van der Waals surface area contributed by atoms with Crippen LogP contribution in [0.3, 0.4) is 0 Å². The van der Waals surface area contributed by atoms with Crippen molar-refractivity contribution >= 4 is 11.6 Å². The topological polar surface area (TPSA) is 41.6 Å². The molecule has 1 aromatic carbocycles. The Hall–Kier alpha value is -1.67. The van der Waals surface area contributed by atoms with Crippen LogP contribution >= 0.6 is 0 Å². The maximum absolute atomic E-state index is 14.2. The van der Waals surface area contributed by atoms with Gasteiger partial charge < -0.3 is 10.1 Å². The Bertz CT molecular complexity index is 565. The van der Waals surface area contributed by atoms with Crippen LogP contribution in [-0.2, 0) is 15.7 Å². The van der Waals surface area contributed by atoms with Crippen LogP contribution in [-0.4, -0.2) is 49.8 Å². The number of benzene rings is 1. The van der Waals surface area contributed by atoms with Gasteiger partial charge in [0.1, 0.15) is 5.67 Å². The first-order valence-electron chi connectivity index (χ1n) is 7.09. The van der Waals surface area contributed by atoms with Crippen molar-refractivity contribution in [3.63, 3.8) is 0 Å². The third kappa shape index (κ3) is 4.90. The largest absolute Gasteiger partial charge is 0.416 e. The molecule has 23 heavy (non-hydrogen) atoms. The fraction of sp³-hybridized carbons (Fsp3) is 0.533. The Morgan fingerprint density at radius 3 is 2.83 bits per heavy atom. The molecule has 0 spiro atoms. The summed E-state index contributed by atoms with van der Waals surface area (Å²) in [5.74, 6) is -0.481. The minimum absolute atomic E-state index is 0.0429. The van der Waals surface area contributed by atoms with Crippen molar-refractivity contribution in [1.29, 1.82) is 0 Å². The van der Waals surface area contributed by atoms with Gasteiger partial charge in [0.15, 0.2) is 0 Å². The number of nitrogens with one attached hydrogen (secondary N) is 1. The van der Waals surface area contributed by atoms with E-state index in [0.29, 0.717) is 6.54 Å². The lowest BCUT2D eigenvalue weighted by Crippen LogP contribution is -2.36. The molecule has 1 N–H and O–H groups in total. The fourth-order valence-corrected chi connectivity index (χ4v) is 2.61. The van der Waals surface area contributed by atoms with Gasteiger partial charge in [-0.1, -0.05) is 6.07 Å². The maximum Gasteiger partial charge on any atom is 0.416 e. The molecule has 1 aromatic rings. The summed E-state index contributed by atoms with van der Waals surface area (Å²) in [5, 5.41) is 2.41. The van der Waals surface area contributed by atoms with Crippen molar-refractivity contribution in [2.24, 2.45) is 0 Å². The second-order valence-corrected chi connectivity index (χ2v) is 5.67. The highest BCUT2D eigenvalue weighted by Crippen LogP contribution is 2.30. The average Bonchev–Trinajstić information content (AvgIpc) is 2.79. The first-order valence-corrected chi connectivity index (χ1v) is 7.09. The lowest BCUT2D eigenvalue weighted by molar-refractivity contribution is -0.137. The molecule has 0 bridgehead atoms. The number of nitrogens with zero attached hydrogens (tertiary/aromatic N) is 1. The van der Waals surface area contributed by atoms with Gasteiger partial charge in [0.2, 0.25) is 5.91 Å². The van der Waals surface area contributed by atoms with Gasteiger partial charge in [-0.3, -0.25) is 9.69 Å². The number of alkyl halides is 4. The van der Waals surface area contributed by atoms with Crippen LogP contribution in [0.25, 0.3) is 0 Å². The molecule has 1 fully saturated rings. The summed E-state index contributed by atoms with van der Waals surface area (Å²) >= 11 is 0. The quantitative estimate of drug-likeness (QED) is 0.842. The summed E-state index contributed by atoms with van der Waals surface area (Å²) < 4.78 is 56.9. The number of hydrogen-bond donors (Lipinski definition) is 1. The highest BCUT2D eigenvalue weighted by molar-refractivity contribution is 5.92. The third-order valence-corrected chi connectivity index (χ3v) is 3.63. The number of halogens is 4. The second-order valence-electron chi connectivity index (χ2n) is 5.67. The highest BCUT2D eigenvalue weighted by Gasteiger charge is 2.38. The van der Waals surface area contributed by atoms with E-state index in [0.717, 1.165) is 12.1 Å². The molecule has 1 unspecified atom stereocenters. The zero-order valence-corrected chi connectivity index (χ0v) is 12.6. The Kier molecular flexibility index (Phi) is 5.26. The van der Waals surface area contributed by atoms with Crippen molar-refractivity contribution in [2.75, 3.05) is 38.7 Å². The second kappa shape index (κ2) is 6.84. The molecular weight excluding hydrogens is 316 g/mol. The number of amides is 1. The molecule has 1 heterocycles. The number of ether oxygens (including phenoxy) is 1. The van der Waals surface area contributed by atoms with Crippen LogP contribution < -0.4 is 5.32 Å². The Morgan fingerprint density at radius 1 is 1.43 bits per heavy atom. The van der Waals surface area contributed by atoms with Crippen molar-refractivity contribution in [3.8, 4) is 0 Å². The summed E-state index contributed by atoms with van der Waals surface area (Å²) in [6.45, 7) is 0.344. The molecule has 1 atom stereocenters. The molecule has 2 rings (SSSR count). The molecule has 128 valence electrons. The van der Waals surface area contributed by atoms with E-state index < -0.39 is 23.3 Å². The lowest BCUT2D eigenvalue weighted by Gasteiger charge is -2.19. The van der Waals surface area contributed by atoms with E-state index in [9.17, 15) is 22.4 Å². The van der Waals surface area contributed by atoms with Gasteiger partial charge in [-0.15, -0.1) is 0 Å². The van der Waals surface area contributed by atoms with Crippen molar-refractivity contribution in [2.45, 2.75) is 18.3 Å². The highest BCUT2D eigenvalue weighted by atomic mass is 19.4. The molecule has 0 radical (unpaired) electrons. The van der Waals surface area contributed by atoms with E-state index in [1.165, 1.54) is 19.2 Å². The molecule has 1 aliphatic rings. The maximum atomic E-state index is 14.2. The fourth-order valence-electron chi connectivity index (χ4n) is 2.61. The molecule has 4 nitrogen and oxygen atoms in total. The first kappa shape index (κ1) is 17.7. The number of carbonyl (C=O) groups is 1. The molecular formula is C15H18F4N2O2. The van der Waals surface area contributed by atoms with E-state index in [1.54, 1.807) is 4.90 Å². The minimum atomic E-state index is -4.47.